The van der Waals surface area contributed by atoms with Crippen LogP contribution in [0.1, 0.15) is 34.9 Å². The molecule has 3 heteroatoms. The first kappa shape index (κ1) is 13.6. The van der Waals surface area contributed by atoms with Crippen molar-refractivity contribution in [1.29, 1.82) is 0 Å². The van der Waals surface area contributed by atoms with Crippen LogP contribution in [0.25, 0.3) is 0 Å². The van der Waals surface area contributed by atoms with Gasteiger partial charge in [0.1, 0.15) is 0 Å². The second-order valence-electron chi connectivity index (χ2n) is 6.49. The Kier molecular flexibility index (Phi) is 3.30. The first-order chi connectivity index (χ1) is 10.8. The molecule has 3 atom stereocenters. The average molecular weight is 295 g/mol. The molecule has 4 rings (SSSR count). The maximum atomic E-state index is 10.3. The van der Waals surface area contributed by atoms with E-state index in [0.29, 0.717) is 17.8 Å². The largest absolute Gasteiger partial charge is 0.504 e. The van der Waals surface area contributed by atoms with Gasteiger partial charge in [0.25, 0.3) is 0 Å². The molecule has 0 saturated carbocycles. The number of nitrogens with one attached hydrogen (secondary N) is 1. The Morgan fingerprint density at radius 2 is 1.77 bits per heavy atom. The van der Waals surface area contributed by atoms with Crippen molar-refractivity contribution >= 4 is 0 Å². The highest BCUT2D eigenvalue weighted by Gasteiger charge is 2.40. The summed E-state index contributed by atoms with van der Waals surface area (Å²) < 4.78 is 0. The van der Waals surface area contributed by atoms with E-state index in [4.69, 9.17) is 0 Å². The highest BCUT2D eigenvalue weighted by Crippen LogP contribution is 2.50. The van der Waals surface area contributed by atoms with E-state index in [1.165, 1.54) is 11.1 Å². The van der Waals surface area contributed by atoms with Crippen molar-refractivity contribution in [2.24, 2.45) is 5.92 Å². The maximum absolute atomic E-state index is 10.3. The molecule has 1 saturated heterocycles. The maximum Gasteiger partial charge on any atom is 0.160 e. The standard InChI is InChI=1S/C19H21NO2/c21-18-7-6-13-16(19(18)22)10-15(12-4-2-1-3-5-12)14-8-9-20-11-17(13)14/h1-7,14-15,17,20-22H,8-11H2. The molecule has 3 N–H and O–H groups in total. The molecule has 0 spiro atoms. The van der Waals surface area contributed by atoms with Crippen molar-refractivity contribution < 1.29 is 10.2 Å². The van der Waals surface area contributed by atoms with Crippen LogP contribution >= 0.6 is 0 Å². The van der Waals surface area contributed by atoms with Crippen LogP contribution in [-0.4, -0.2) is 23.3 Å². The number of benzene rings is 2. The lowest BCUT2D eigenvalue weighted by Crippen LogP contribution is -2.41. The van der Waals surface area contributed by atoms with E-state index in [2.05, 4.69) is 29.6 Å². The second-order valence-corrected chi connectivity index (χ2v) is 6.49. The molecule has 3 nitrogen and oxygen atoms in total. The van der Waals surface area contributed by atoms with Crippen LogP contribution in [0.4, 0.5) is 0 Å². The first-order valence-electron chi connectivity index (χ1n) is 8.05. The van der Waals surface area contributed by atoms with Crippen LogP contribution in [0, 0.1) is 5.92 Å². The van der Waals surface area contributed by atoms with Crippen molar-refractivity contribution in [2.75, 3.05) is 13.1 Å². The summed E-state index contributed by atoms with van der Waals surface area (Å²) in [6, 6.07) is 14.2. The SMILES string of the molecule is Oc1ccc2c(c1O)CC(c1ccccc1)C1CCNCC21. The summed E-state index contributed by atoms with van der Waals surface area (Å²) in [5.41, 5.74) is 3.48. The molecule has 2 aliphatic rings. The molecule has 22 heavy (non-hydrogen) atoms. The molecule has 0 bridgehead atoms. The van der Waals surface area contributed by atoms with Gasteiger partial charge in [0, 0.05) is 18.0 Å². The predicted molar refractivity (Wildman–Crippen MR) is 86.4 cm³/mol. The molecule has 1 aliphatic carbocycles. The smallest absolute Gasteiger partial charge is 0.160 e. The molecular weight excluding hydrogens is 274 g/mol. The summed E-state index contributed by atoms with van der Waals surface area (Å²) in [6.45, 7) is 2.01. The zero-order valence-corrected chi connectivity index (χ0v) is 12.5. The Labute approximate surface area is 130 Å². The Morgan fingerprint density at radius 1 is 0.955 bits per heavy atom. The quantitative estimate of drug-likeness (QED) is 0.709. The number of piperidine rings is 1. The third-order valence-electron chi connectivity index (χ3n) is 5.40. The molecule has 3 unspecified atom stereocenters. The molecule has 2 aromatic rings. The minimum Gasteiger partial charge on any atom is -0.504 e. The van der Waals surface area contributed by atoms with E-state index in [-0.39, 0.29) is 11.5 Å². The minimum atomic E-state index is -0.00668. The number of hydrogen-bond acceptors (Lipinski definition) is 3. The average Bonchev–Trinajstić information content (AvgIpc) is 2.58. The van der Waals surface area contributed by atoms with Gasteiger partial charge in [-0.15, -0.1) is 0 Å². The number of rotatable bonds is 1. The first-order valence-corrected chi connectivity index (χ1v) is 8.05. The molecular formula is C19H21NO2. The third kappa shape index (κ3) is 2.08. The van der Waals surface area contributed by atoms with Crippen molar-refractivity contribution in [1.82, 2.24) is 5.32 Å². The van der Waals surface area contributed by atoms with E-state index >= 15 is 0 Å². The summed E-state index contributed by atoms with van der Waals surface area (Å²) in [7, 11) is 0. The fourth-order valence-corrected chi connectivity index (χ4v) is 4.34. The molecule has 114 valence electrons. The van der Waals surface area contributed by atoms with Gasteiger partial charge in [0.2, 0.25) is 0 Å². The van der Waals surface area contributed by atoms with Crippen molar-refractivity contribution in [3.05, 3.63) is 59.2 Å². The van der Waals surface area contributed by atoms with Gasteiger partial charge >= 0.3 is 0 Å². The molecule has 0 aromatic heterocycles. The molecule has 1 aliphatic heterocycles. The monoisotopic (exact) mass is 295 g/mol. The summed E-state index contributed by atoms with van der Waals surface area (Å²) in [6.07, 6.45) is 1.96. The Bertz CT molecular complexity index is 683. The number of fused-ring (bicyclic) bond motifs is 3. The zero-order chi connectivity index (χ0) is 15.1. The predicted octanol–water partition coefficient (Wildman–Crippen LogP) is 3.13. The third-order valence-corrected chi connectivity index (χ3v) is 5.40. The fourth-order valence-electron chi connectivity index (χ4n) is 4.34. The van der Waals surface area contributed by atoms with Gasteiger partial charge in [-0.05, 0) is 48.4 Å². The summed E-state index contributed by atoms with van der Waals surface area (Å²) in [5.74, 6) is 1.48. The molecule has 2 aromatic carbocycles. The second kappa shape index (κ2) is 5.33. The van der Waals surface area contributed by atoms with E-state index in [9.17, 15) is 10.2 Å². The van der Waals surface area contributed by atoms with Crippen molar-refractivity contribution in [2.45, 2.75) is 24.7 Å². The van der Waals surface area contributed by atoms with Gasteiger partial charge in [-0.1, -0.05) is 36.4 Å². The van der Waals surface area contributed by atoms with E-state index < -0.39 is 0 Å². The lowest BCUT2D eigenvalue weighted by molar-refractivity contribution is 0.253. The highest BCUT2D eigenvalue weighted by molar-refractivity contribution is 5.53. The minimum absolute atomic E-state index is 0.00668. The molecule has 1 fully saturated rings. The topological polar surface area (TPSA) is 52.5 Å². The van der Waals surface area contributed by atoms with Gasteiger partial charge in [-0.2, -0.15) is 0 Å². The van der Waals surface area contributed by atoms with Crippen molar-refractivity contribution in [3.8, 4) is 11.5 Å². The van der Waals surface area contributed by atoms with Gasteiger partial charge in [-0.25, -0.2) is 0 Å². The lowest BCUT2D eigenvalue weighted by Gasteiger charge is -2.43. The summed E-state index contributed by atoms with van der Waals surface area (Å²) in [5, 5.41) is 23.7. The van der Waals surface area contributed by atoms with E-state index in [1.807, 2.05) is 12.1 Å². The van der Waals surface area contributed by atoms with Crippen LogP contribution in [0.5, 0.6) is 11.5 Å². The normalized spacial score (nSPS) is 27.0. The number of phenolic OH excluding ortho intramolecular Hbond substituents is 2. The number of phenols is 2. The fraction of sp³-hybridized carbons (Fsp3) is 0.368. The number of hydrogen-bond donors (Lipinski definition) is 3. The van der Waals surface area contributed by atoms with E-state index in [0.717, 1.165) is 31.5 Å². The van der Waals surface area contributed by atoms with Crippen LogP contribution in [0.3, 0.4) is 0 Å². The van der Waals surface area contributed by atoms with Crippen LogP contribution < -0.4 is 5.32 Å². The van der Waals surface area contributed by atoms with E-state index in [1.54, 1.807) is 6.07 Å². The summed E-state index contributed by atoms with van der Waals surface area (Å²) >= 11 is 0. The Morgan fingerprint density at radius 3 is 2.59 bits per heavy atom. The van der Waals surface area contributed by atoms with Crippen LogP contribution in [0.15, 0.2) is 42.5 Å². The molecule has 1 heterocycles. The summed E-state index contributed by atoms with van der Waals surface area (Å²) in [4.78, 5) is 0. The molecule has 0 radical (unpaired) electrons. The van der Waals surface area contributed by atoms with Crippen molar-refractivity contribution in [3.63, 3.8) is 0 Å². The van der Waals surface area contributed by atoms with Gasteiger partial charge in [0.15, 0.2) is 11.5 Å². The zero-order valence-electron chi connectivity index (χ0n) is 12.5. The lowest BCUT2D eigenvalue weighted by atomic mass is 9.64. The van der Waals surface area contributed by atoms with Gasteiger partial charge < -0.3 is 15.5 Å². The Hall–Kier alpha value is -2.00. The van der Waals surface area contributed by atoms with Gasteiger partial charge in [-0.3, -0.25) is 0 Å². The Balaban J connectivity index is 1.83. The highest BCUT2D eigenvalue weighted by atomic mass is 16.3. The van der Waals surface area contributed by atoms with Crippen LogP contribution in [-0.2, 0) is 6.42 Å². The number of aromatic hydroxyl groups is 2. The van der Waals surface area contributed by atoms with Crippen LogP contribution in [0.2, 0.25) is 0 Å². The molecule has 0 amide bonds. The van der Waals surface area contributed by atoms with Gasteiger partial charge in [0.05, 0.1) is 0 Å².